The van der Waals surface area contributed by atoms with Crippen molar-refractivity contribution < 1.29 is 4.79 Å². The number of rotatable bonds is 5. The van der Waals surface area contributed by atoms with E-state index in [-0.39, 0.29) is 5.78 Å². The molecule has 0 aliphatic carbocycles. The van der Waals surface area contributed by atoms with Crippen molar-refractivity contribution >= 4 is 34.1 Å². The highest BCUT2D eigenvalue weighted by molar-refractivity contribution is 8.00. The summed E-state index contributed by atoms with van der Waals surface area (Å²) in [5, 5.41) is 0.996. The minimum Gasteiger partial charge on any atom is -0.378 e. The maximum Gasteiger partial charge on any atom is 0.175 e. The number of fused-ring (bicyclic) bond motifs is 1. The molecule has 3 rings (SSSR count). The lowest BCUT2D eigenvalue weighted by Gasteiger charge is -2.12. The van der Waals surface area contributed by atoms with Crippen LogP contribution in [-0.4, -0.2) is 30.6 Å². The summed E-state index contributed by atoms with van der Waals surface area (Å²) in [6.07, 6.45) is 1.81. The van der Waals surface area contributed by atoms with Gasteiger partial charge in [-0.15, -0.1) is 11.8 Å². The van der Waals surface area contributed by atoms with Crippen molar-refractivity contribution in [3.8, 4) is 0 Å². The third kappa shape index (κ3) is 3.02. The number of ketones is 1. The van der Waals surface area contributed by atoms with Gasteiger partial charge in [0.05, 0.1) is 5.75 Å². The zero-order valence-corrected chi connectivity index (χ0v) is 13.5. The van der Waals surface area contributed by atoms with Crippen molar-refractivity contribution in [3.05, 3.63) is 60.3 Å². The number of para-hydroxylation sites is 1. The molecule has 0 saturated heterocycles. The van der Waals surface area contributed by atoms with Crippen molar-refractivity contribution in [1.29, 1.82) is 0 Å². The van der Waals surface area contributed by atoms with Crippen molar-refractivity contribution in [1.82, 2.24) is 4.98 Å². The lowest BCUT2D eigenvalue weighted by molar-refractivity contribution is 0.102. The Kier molecular flexibility index (Phi) is 4.20. The zero-order valence-electron chi connectivity index (χ0n) is 12.7. The van der Waals surface area contributed by atoms with Crippen LogP contribution in [0.5, 0.6) is 0 Å². The molecule has 0 aliphatic rings. The summed E-state index contributed by atoms with van der Waals surface area (Å²) in [7, 11) is 4.03. The first-order chi connectivity index (χ1) is 10.6. The molecule has 4 heteroatoms. The topological polar surface area (TPSA) is 36.1 Å². The van der Waals surface area contributed by atoms with E-state index in [4.69, 9.17) is 0 Å². The third-order valence-corrected chi connectivity index (χ3v) is 4.62. The third-order valence-electron chi connectivity index (χ3n) is 3.61. The van der Waals surface area contributed by atoms with Crippen LogP contribution in [0.2, 0.25) is 0 Å². The van der Waals surface area contributed by atoms with E-state index in [0.717, 1.165) is 27.0 Å². The van der Waals surface area contributed by atoms with Crippen molar-refractivity contribution in [2.24, 2.45) is 0 Å². The standard InChI is InChI=1S/C18H18N2OS/c1-20(2)13-7-9-14(10-8-13)22-12-18(21)16-11-19-17-6-4-3-5-15(16)17/h3-11,19H,12H2,1-2H3. The summed E-state index contributed by atoms with van der Waals surface area (Å²) in [6, 6.07) is 16.1. The number of aromatic amines is 1. The van der Waals surface area contributed by atoms with Crippen LogP contribution >= 0.6 is 11.8 Å². The number of H-pyrrole nitrogens is 1. The first kappa shape index (κ1) is 14.7. The van der Waals surface area contributed by atoms with Gasteiger partial charge in [0, 0.05) is 47.3 Å². The quantitative estimate of drug-likeness (QED) is 0.566. The minimum absolute atomic E-state index is 0.152. The summed E-state index contributed by atoms with van der Waals surface area (Å²) < 4.78 is 0. The second-order valence-electron chi connectivity index (χ2n) is 5.35. The summed E-state index contributed by atoms with van der Waals surface area (Å²) in [5.74, 6) is 0.600. The normalized spacial score (nSPS) is 10.8. The SMILES string of the molecule is CN(C)c1ccc(SCC(=O)c2c[nH]c3ccccc23)cc1. The molecule has 0 saturated carbocycles. The van der Waals surface area contributed by atoms with Gasteiger partial charge >= 0.3 is 0 Å². The fourth-order valence-corrected chi connectivity index (χ4v) is 3.15. The van der Waals surface area contributed by atoms with Crippen LogP contribution in [0.1, 0.15) is 10.4 Å². The van der Waals surface area contributed by atoms with E-state index in [2.05, 4.69) is 34.1 Å². The number of anilines is 1. The lowest BCUT2D eigenvalue weighted by atomic mass is 10.1. The highest BCUT2D eigenvalue weighted by Gasteiger charge is 2.12. The molecular formula is C18H18N2OS. The summed E-state index contributed by atoms with van der Waals surface area (Å²) >= 11 is 1.57. The Morgan fingerprint density at radius 3 is 2.55 bits per heavy atom. The molecule has 22 heavy (non-hydrogen) atoms. The molecule has 0 aliphatic heterocycles. The molecule has 0 unspecified atom stereocenters. The Bertz CT molecular complexity index is 790. The highest BCUT2D eigenvalue weighted by Crippen LogP contribution is 2.24. The second-order valence-corrected chi connectivity index (χ2v) is 6.40. The Labute approximate surface area is 134 Å². The second kappa shape index (κ2) is 6.28. The van der Waals surface area contributed by atoms with Gasteiger partial charge in [0.15, 0.2) is 5.78 Å². The van der Waals surface area contributed by atoms with Gasteiger partial charge in [0.1, 0.15) is 0 Å². The van der Waals surface area contributed by atoms with E-state index >= 15 is 0 Å². The Morgan fingerprint density at radius 1 is 1.09 bits per heavy atom. The smallest absolute Gasteiger partial charge is 0.175 e. The number of carbonyl (C=O) groups excluding carboxylic acids is 1. The summed E-state index contributed by atoms with van der Waals surface area (Å²) in [4.78, 5) is 18.7. The van der Waals surface area contributed by atoms with Gasteiger partial charge in [0.25, 0.3) is 0 Å². The molecule has 0 amide bonds. The maximum absolute atomic E-state index is 12.4. The number of nitrogens with zero attached hydrogens (tertiary/aromatic N) is 1. The lowest BCUT2D eigenvalue weighted by Crippen LogP contribution is -2.08. The molecule has 0 atom stereocenters. The van der Waals surface area contributed by atoms with Crippen LogP contribution in [0.3, 0.4) is 0 Å². The molecule has 0 fully saturated rings. The monoisotopic (exact) mass is 310 g/mol. The first-order valence-electron chi connectivity index (χ1n) is 7.14. The number of hydrogen-bond donors (Lipinski definition) is 1. The number of benzene rings is 2. The van der Waals surface area contributed by atoms with Gasteiger partial charge in [-0.05, 0) is 30.3 Å². The largest absolute Gasteiger partial charge is 0.378 e. The Hall–Kier alpha value is -2.20. The number of thioether (sulfide) groups is 1. The van der Waals surface area contributed by atoms with Gasteiger partial charge in [0.2, 0.25) is 0 Å². The minimum atomic E-state index is 0.152. The predicted octanol–water partition coefficient (Wildman–Crippen LogP) is 4.21. The highest BCUT2D eigenvalue weighted by atomic mass is 32.2. The molecule has 0 radical (unpaired) electrons. The maximum atomic E-state index is 12.4. The average molecular weight is 310 g/mol. The molecule has 1 heterocycles. The van der Waals surface area contributed by atoms with Crippen LogP contribution in [0.25, 0.3) is 10.9 Å². The molecule has 2 aromatic carbocycles. The van der Waals surface area contributed by atoms with Crippen LogP contribution in [0.4, 0.5) is 5.69 Å². The van der Waals surface area contributed by atoms with Gasteiger partial charge in [-0.1, -0.05) is 18.2 Å². The number of aromatic nitrogens is 1. The molecule has 1 N–H and O–H groups in total. The van der Waals surface area contributed by atoms with Crippen LogP contribution in [-0.2, 0) is 0 Å². The van der Waals surface area contributed by atoms with Crippen molar-refractivity contribution in [3.63, 3.8) is 0 Å². The van der Waals surface area contributed by atoms with E-state index in [1.54, 1.807) is 11.8 Å². The van der Waals surface area contributed by atoms with E-state index in [1.807, 2.05) is 44.6 Å². The molecule has 1 aromatic heterocycles. The number of nitrogens with one attached hydrogen (secondary N) is 1. The van der Waals surface area contributed by atoms with Crippen LogP contribution in [0.15, 0.2) is 59.6 Å². The van der Waals surface area contributed by atoms with Crippen molar-refractivity contribution in [2.45, 2.75) is 4.90 Å². The molecular weight excluding hydrogens is 292 g/mol. The average Bonchev–Trinajstić information content (AvgIpc) is 2.97. The van der Waals surface area contributed by atoms with Crippen molar-refractivity contribution in [2.75, 3.05) is 24.7 Å². The van der Waals surface area contributed by atoms with Crippen LogP contribution < -0.4 is 4.90 Å². The molecule has 0 bridgehead atoms. The molecule has 3 nitrogen and oxygen atoms in total. The summed E-state index contributed by atoms with van der Waals surface area (Å²) in [5.41, 5.74) is 2.94. The summed E-state index contributed by atoms with van der Waals surface area (Å²) in [6.45, 7) is 0. The Morgan fingerprint density at radius 2 is 1.82 bits per heavy atom. The van der Waals surface area contributed by atoms with Gasteiger partial charge in [-0.2, -0.15) is 0 Å². The van der Waals surface area contributed by atoms with E-state index in [9.17, 15) is 4.79 Å². The fourth-order valence-electron chi connectivity index (χ4n) is 2.37. The Balaban J connectivity index is 1.69. The number of Topliss-reactive ketones (excluding diaryl/α,β-unsaturated/α-hetero) is 1. The predicted molar refractivity (Wildman–Crippen MR) is 94.1 cm³/mol. The zero-order chi connectivity index (χ0) is 15.5. The van der Waals surface area contributed by atoms with E-state index in [1.165, 1.54) is 0 Å². The first-order valence-corrected chi connectivity index (χ1v) is 8.13. The van der Waals surface area contributed by atoms with Gasteiger partial charge < -0.3 is 9.88 Å². The van der Waals surface area contributed by atoms with Gasteiger partial charge in [-0.3, -0.25) is 4.79 Å². The molecule has 112 valence electrons. The van der Waals surface area contributed by atoms with E-state index < -0.39 is 0 Å². The molecule has 3 aromatic rings. The van der Waals surface area contributed by atoms with E-state index in [0.29, 0.717) is 5.75 Å². The van der Waals surface area contributed by atoms with Crippen LogP contribution in [0, 0.1) is 0 Å². The molecule has 0 spiro atoms. The number of carbonyl (C=O) groups is 1. The number of hydrogen-bond acceptors (Lipinski definition) is 3. The van der Waals surface area contributed by atoms with Gasteiger partial charge in [-0.25, -0.2) is 0 Å². The fraction of sp³-hybridized carbons (Fsp3) is 0.167.